The SMILES string of the molecule is COC(=O)C1(N)CC(C)(C)Oc2cc(C)c(Cl)cc21. The number of esters is 1. The van der Waals surface area contributed by atoms with Gasteiger partial charge in [-0.05, 0) is 38.5 Å². The molecule has 0 amide bonds. The Morgan fingerprint density at radius 1 is 1.47 bits per heavy atom. The fraction of sp³-hybridized carbons (Fsp3) is 0.500. The van der Waals surface area contributed by atoms with Crippen LogP contribution in [0.25, 0.3) is 0 Å². The Labute approximate surface area is 117 Å². The first-order valence-electron chi connectivity index (χ1n) is 6.06. The Hall–Kier alpha value is -1.26. The Balaban J connectivity index is 2.66. The summed E-state index contributed by atoms with van der Waals surface area (Å²) >= 11 is 6.13. The molecule has 19 heavy (non-hydrogen) atoms. The summed E-state index contributed by atoms with van der Waals surface area (Å²) in [5, 5.41) is 0.556. The molecule has 1 aromatic rings. The number of methoxy groups -OCH3 is 1. The number of halogens is 1. The zero-order valence-corrected chi connectivity index (χ0v) is 12.3. The van der Waals surface area contributed by atoms with Crippen molar-refractivity contribution in [1.29, 1.82) is 0 Å². The van der Waals surface area contributed by atoms with Crippen molar-refractivity contribution in [3.63, 3.8) is 0 Å². The highest BCUT2D eigenvalue weighted by Crippen LogP contribution is 2.44. The molecule has 0 radical (unpaired) electrons. The van der Waals surface area contributed by atoms with Gasteiger partial charge in [-0.2, -0.15) is 0 Å². The van der Waals surface area contributed by atoms with E-state index in [0.29, 0.717) is 22.8 Å². The van der Waals surface area contributed by atoms with Crippen molar-refractivity contribution in [3.8, 4) is 5.75 Å². The summed E-state index contributed by atoms with van der Waals surface area (Å²) in [5.41, 5.74) is 5.99. The molecule has 1 aliphatic heterocycles. The van der Waals surface area contributed by atoms with Crippen LogP contribution in [-0.2, 0) is 15.1 Å². The smallest absolute Gasteiger partial charge is 0.330 e. The van der Waals surface area contributed by atoms with Crippen LogP contribution < -0.4 is 10.5 Å². The van der Waals surface area contributed by atoms with Gasteiger partial charge in [-0.15, -0.1) is 0 Å². The second-order valence-corrected chi connectivity index (χ2v) is 6.01. The Morgan fingerprint density at radius 3 is 2.68 bits per heavy atom. The van der Waals surface area contributed by atoms with E-state index in [9.17, 15) is 4.79 Å². The summed E-state index contributed by atoms with van der Waals surface area (Å²) in [4.78, 5) is 12.1. The fourth-order valence-electron chi connectivity index (χ4n) is 2.55. The largest absolute Gasteiger partial charge is 0.487 e. The summed E-state index contributed by atoms with van der Waals surface area (Å²) in [6.07, 6.45) is 0.332. The summed E-state index contributed by atoms with van der Waals surface area (Å²) < 4.78 is 10.7. The number of aryl methyl sites for hydroxylation is 1. The van der Waals surface area contributed by atoms with Crippen molar-refractivity contribution in [1.82, 2.24) is 0 Å². The number of ether oxygens (including phenoxy) is 2. The Kier molecular flexibility index (Phi) is 3.27. The second kappa shape index (κ2) is 4.39. The van der Waals surface area contributed by atoms with E-state index in [-0.39, 0.29) is 0 Å². The molecule has 104 valence electrons. The number of carbonyl (C=O) groups is 1. The van der Waals surface area contributed by atoms with Crippen LogP contribution in [0.4, 0.5) is 0 Å². The quantitative estimate of drug-likeness (QED) is 0.805. The van der Waals surface area contributed by atoms with Crippen LogP contribution >= 0.6 is 11.6 Å². The molecule has 0 fully saturated rings. The minimum atomic E-state index is -1.23. The molecule has 1 aromatic carbocycles. The molecule has 0 saturated heterocycles. The molecule has 0 bridgehead atoms. The van der Waals surface area contributed by atoms with E-state index in [0.717, 1.165) is 5.56 Å². The van der Waals surface area contributed by atoms with Crippen molar-refractivity contribution in [2.24, 2.45) is 5.73 Å². The lowest BCUT2D eigenvalue weighted by atomic mass is 9.78. The third-order valence-electron chi connectivity index (χ3n) is 3.38. The molecular formula is C14H18ClNO3. The maximum atomic E-state index is 12.1. The third-order valence-corrected chi connectivity index (χ3v) is 3.79. The van der Waals surface area contributed by atoms with Crippen LogP contribution in [0, 0.1) is 6.92 Å². The molecule has 1 unspecified atom stereocenters. The first kappa shape index (κ1) is 14.2. The number of fused-ring (bicyclic) bond motifs is 1. The topological polar surface area (TPSA) is 61.5 Å². The van der Waals surface area contributed by atoms with Gasteiger partial charge in [0.15, 0.2) is 0 Å². The second-order valence-electron chi connectivity index (χ2n) is 5.60. The lowest BCUT2D eigenvalue weighted by molar-refractivity contribution is -0.151. The van der Waals surface area contributed by atoms with Crippen molar-refractivity contribution in [3.05, 3.63) is 28.3 Å². The van der Waals surface area contributed by atoms with Gasteiger partial charge in [0.25, 0.3) is 0 Å². The van der Waals surface area contributed by atoms with Crippen LogP contribution in [0.2, 0.25) is 5.02 Å². The zero-order chi connectivity index (χ0) is 14.4. The first-order valence-corrected chi connectivity index (χ1v) is 6.44. The molecule has 0 saturated carbocycles. The van der Waals surface area contributed by atoms with Gasteiger partial charge in [0.2, 0.25) is 0 Å². The Morgan fingerprint density at radius 2 is 2.11 bits per heavy atom. The van der Waals surface area contributed by atoms with E-state index in [2.05, 4.69) is 0 Å². The van der Waals surface area contributed by atoms with Gasteiger partial charge in [-0.1, -0.05) is 11.6 Å². The predicted octanol–water partition coefficient (Wildman–Crippen LogP) is 2.54. The number of rotatable bonds is 1. The molecule has 0 aromatic heterocycles. The number of nitrogens with two attached hydrogens (primary N) is 1. The monoisotopic (exact) mass is 283 g/mol. The fourth-order valence-corrected chi connectivity index (χ4v) is 2.72. The Bertz CT molecular complexity index is 542. The van der Waals surface area contributed by atoms with Crippen LogP contribution in [0.3, 0.4) is 0 Å². The standard InChI is InChI=1S/C14H18ClNO3/c1-8-5-11-9(6-10(8)15)14(16,12(17)18-4)7-13(2,3)19-11/h5-6H,7,16H2,1-4H3. The van der Waals surface area contributed by atoms with Gasteiger partial charge >= 0.3 is 5.97 Å². The molecule has 1 heterocycles. The number of hydrogen-bond donors (Lipinski definition) is 1. The normalized spacial score (nSPS) is 24.3. The minimum absolute atomic E-state index is 0.332. The maximum Gasteiger partial charge on any atom is 0.330 e. The van der Waals surface area contributed by atoms with E-state index in [4.69, 9.17) is 26.8 Å². The molecule has 5 heteroatoms. The maximum absolute atomic E-state index is 12.1. The van der Waals surface area contributed by atoms with Crippen LogP contribution in [0.1, 0.15) is 31.4 Å². The highest BCUT2D eigenvalue weighted by molar-refractivity contribution is 6.31. The van der Waals surface area contributed by atoms with Crippen LogP contribution in [0.5, 0.6) is 5.75 Å². The summed E-state index contributed by atoms with van der Waals surface area (Å²) in [7, 11) is 1.33. The lowest BCUT2D eigenvalue weighted by Gasteiger charge is -2.42. The van der Waals surface area contributed by atoms with Crippen molar-refractivity contribution in [2.45, 2.75) is 38.3 Å². The van der Waals surface area contributed by atoms with Gasteiger partial charge in [-0.3, -0.25) is 0 Å². The van der Waals surface area contributed by atoms with E-state index in [1.165, 1.54) is 7.11 Å². The zero-order valence-electron chi connectivity index (χ0n) is 11.5. The molecule has 1 atom stereocenters. The highest BCUT2D eigenvalue weighted by Gasteiger charge is 2.49. The third kappa shape index (κ3) is 2.30. The van der Waals surface area contributed by atoms with E-state index in [1.807, 2.05) is 26.8 Å². The lowest BCUT2D eigenvalue weighted by Crippen LogP contribution is -2.54. The first-order chi connectivity index (χ1) is 8.69. The summed E-state index contributed by atoms with van der Waals surface area (Å²) in [6, 6.07) is 3.50. The van der Waals surface area contributed by atoms with Gasteiger partial charge in [0.05, 0.1) is 7.11 Å². The van der Waals surface area contributed by atoms with Crippen molar-refractivity contribution in [2.75, 3.05) is 7.11 Å². The average molecular weight is 284 g/mol. The molecule has 2 N–H and O–H groups in total. The summed E-state index contributed by atoms with van der Waals surface area (Å²) in [5.74, 6) is 0.107. The van der Waals surface area contributed by atoms with Gasteiger partial charge in [0, 0.05) is 17.0 Å². The molecule has 0 aliphatic carbocycles. The van der Waals surface area contributed by atoms with E-state index in [1.54, 1.807) is 6.07 Å². The van der Waals surface area contributed by atoms with Crippen molar-refractivity contribution < 1.29 is 14.3 Å². The number of hydrogen-bond acceptors (Lipinski definition) is 4. The number of carbonyl (C=O) groups excluding carboxylic acids is 1. The molecule has 0 spiro atoms. The molecule has 4 nitrogen and oxygen atoms in total. The summed E-state index contributed by atoms with van der Waals surface area (Å²) in [6.45, 7) is 5.67. The number of benzene rings is 1. The van der Waals surface area contributed by atoms with E-state index < -0.39 is 17.1 Å². The van der Waals surface area contributed by atoms with Gasteiger partial charge in [-0.25, -0.2) is 4.79 Å². The molecule has 2 rings (SSSR count). The minimum Gasteiger partial charge on any atom is -0.487 e. The van der Waals surface area contributed by atoms with Gasteiger partial charge < -0.3 is 15.2 Å². The average Bonchev–Trinajstić information content (AvgIpc) is 2.29. The van der Waals surface area contributed by atoms with Gasteiger partial charge in [0.1, 0.15) is 16.9 Å². The van der Waals surface area contributed by atoms with E-state index >= 15 is 0 Å². The molecular weight excluding hydrogens is 266 g/mol. The highest BCUT2D eigenvalue weighted by atomic mass is 35.5. The van der Waals surface area contributed by atoms with Crippen LogP contribution in [-0.4, -0.2) is 18.7 Å². The van der Waals surface area contributed by atoms with Crippen LogP contribution in [0.15, 0.2) is 12.1 Å². The van der Waals surface area contributed by atoms with Crippen molar-refractivity contribution >= 4 is 17.6 Å². The predicted molar refractivity (Wildman–Crippen MR) is 73.4 cm³/mol. The molecule has 1 aliphatic rings.